The Hall–Kier alpha value is -2.48. The van der Waals surface area contributed by atoms with E-state index in [1.807, 2.05) is 37.3 Å². The molecule has 128 valence electrons. The number of piperidine rings is 1. The molecule has 2 rings (SSSR count). The fraction of sp³-hybridized carbons (Fsp3) is 0.474. The third-order valence-electron chi connectivity index (χ3n) is 4.33. The first kappa shape index (κ1) is 17.9. The summed E-state index contributed by atoms with van der Waals surface area (Å²) in [5.74, 6) is 1.03. The van der Waals surface area contributed by atoms with Gasteiger partial charge in [0.2, 0.25) is 0 Å². The maximum Gasteiger partial charge on any atom is 0.263 e. The molecule has 1 aromatic carbocycles. The van der Waals surface area contributed by atoms with E-state index in [0.29, 0.717) is 5.92 Å². The van der Waals surface area contributed by atoms with Crippen molar-refractivity contribution >= 4 is 5.91 Å². The zero-order valence-electron chi connectivity index (χ0n) is 14.6. The SMILES string of the molecule is COc1ccc(C(C)NC(=O)/C(C#N)=C\N2CCCC(C)C2)cc1. The molecule has 0 saturated carbocycles. The normalized spacial score (nSPS) is 19.3. The van der Waals surface area contributed by atoms with Crippen LogP contribution in [0.4, 0.5) is 0 Å². The number of nitrogens with zero attached hydrogens (tertiary/aromatic N) is 2. The van der Waals surface area contributed by atoms with E-state index < -0.39 is 0 Å². The number of nitriles is 1. The zero-order chi connectivity index (χ0) is 17.5. The Bertz CT molecular complexity index is 631. The third-order valence-corrected chi connectivity index (χ3v) is 4.33. The van der Waals surface area contributed by atoms with E-state index in [9.17, 15) is 10.1 Å². The van der Waals surface area contributed by atoms with Crippen molar-refractivity contribution < 1.29 is 9.53 Å². The van der Waals surface area contributed by atoms with Gasteiger partial charge in [0.15, 0.2) is 0 Å². The molecule has 1 fully saturated rings. The smallest absolute Gasteiger partial charge is 0.263 e. The van der Waals surface area contributed by atoms with E-state index in [4.69, 9.17) is 4.74 Å². The summed E-state index contributed by atoms with van der Waals surface area (Å²) >= 11 is 0. The standard InChI is InChI=1S/C19H25N3O2/c1-14-5-4-10-22(12-14)13-17(11-20)19(23)21-15(2)16-6-8-18(24-3)9-7-16/h6-9,13-15H,4-5,10,12H2,1-3H3,(H,21,23)/b17-13-. The molecule has 1 heterocycles. The maximum atomic E-state index is 12.4. The minimum absolute atomic E-state index is 0.157. The number of amides is 1. The van der Waals surface area contributed by atoms with Crippen LogP contribution in [0.1, 0.15) is 38.3 Å². The summed E-state index contributed by atoms with van der Waals surface area (Å²) < 4.78 is 5.13. The van der Waals surface area contributed by atoms with E-state index in [-0.39, 0.29) is 17.5 Å². The molecule has 2 unspecified atom stereocenters. The number of nitrogens with one attached hydrogen (secondary N) is 1. The Morgan fingerprint density at radius 3 is 2.75 bits per heavy atom. The van der Waals surface area contributed by atoms with E-state index in [1.54, 1.807) is 13.3 Å². The number of likely N-dealkylation sites (tertiary alicyclic amines) is 1. The lowest BCUT2D eigenvalue weighted by molar-refractivity contribution is -0.117. The minimum Gasteiger partial charge on any atom is -0.497 e. The summed E-state index contributed by atoms with van der Waals surface area (Å²) in [7, 11) is 1.62. The van der Waals surface area contributed by atoms with Gasteiger partial charge in [-0.3, -0.25) is 4.79 Å². The van der Waals surface area contributed by atoms with Gasteiger partial charge in [-0.05, 0) is 43.4 Å². The van der Waals surface area contributed by atoms with Crippen molar-refractivity contribution in [2.24, 2.45) is 5.92 Å². The van der Waals surface area contributed by atoms with Gasteiger partial charge in [-0.2, -0.15) is 5.26 Å². The number of hydrogen-bond acceptors (Lipinski definition) is 4. The third kappa shape index (κ3) is 4.76. The van der Waals surface area contributed by atoms with Crippen LogP contribution in [0.15, 0.2) is 36.0 Å². The molecule has 2 atom stereocenters. The number of hydrogen-bond donors (Lipinski definition) is 1. The molecule has 5 heteroatoms. The quantitative estimate of drug-likeness (QED) is 0.667. The molecule has 1 aliphatic rings. The lowest BCUT2D eigenvalue weighted by atomic mass is 10.0. The summed E-state index contributed by atoms with van der Waals surface area (Å²) in [4.78, 5) is 14.5. The van der Waals surface area contributed by atoms with Crippen LogP contribution in [-0.4, -0.2) is 31.0 Å². The molecule has 1 saturated heterocycles. The molecule has 1 amide bonds. The number of ether oxygens (including phenoxy) is 1. The van der Waals surface area contributed by atoms with Crippen LogP contribution in [0.3, 0.4) is 0 Å². The molecule has 1 N–H and O–H groups in total. The van der Waals surface area contributed by atoms with Crippen molar-refractivity contribution in [2.75, 3.05) is 20.2 Å². The van der Waals surface area contributed by atoms with Crippen LogP contribution in [0, 0.1) is 17.2 Å². The minimum atomic E-state index is -0.334. The highest BCUT2D eigenvalue weighted by Crippen LogP contribution is 2.19. The Balaban J connectivity index is 2.01. The van der Waals surface area contributed by atoms with Gasteiger partial charge in [0.1, 0.15) is 17.4 Å². The molecule has 0 bridgehead atoms. The summed E-state index contributed by atoms with van der Waals surface area (Å²) in [6.07, 6.45) is 4.00. The Kier molecular flexibility index (Phi) is 6.25. The first-order chi connectivity index (χ1) is 11.5. The highest BCUT2D eigenvalue weighted by molar-refractivity contribution is 5.97. The van der Waals surface area contributed by atoms with Crippen molar-refractivity contribution in [2.45, 2.75) is 32.7 Å². The lowest BCUT2D eigenvalue weighted by Crippen LogP contribution is -2.33. The number of rotatable bonds is 5. The molecule has 1 aromatic rings. The fourth-order valence-electron chi connectivity index (χ4n) is 2.91. The molecular weight excluding hydrogens is 302 g/mol. The average Bonchev–Trinajstić information content (AvgIpc) is 2.59. The highest BCUT2D eigenvalue weighted by Gasteiger charge is 2.18. The van der Waals surface area contributed by atoms with E-state index in [2.05, 4.69) is 17.1 Å². The molecule has 1 aliphatic heterocycles. The van der Waals surface area contributed by atoms with Gasteiger partial charge < -0.3 is 15.0 Å². The molecule has 0 radical (unpaired) electrons. The highest BCUT2D eigenvalue weighted by atomic mass is 16.5. The summed E-state index contributed by atoms with van der Waals surface area (Å²) in [5, 5.41) is 12.2. The van der Waals surface area contributed by atoms with Gasteiger partial charge in [0, 0.05) is 19.3 Å². The second kappa shape index (κ2) is 8.39. The van der Waals surface area contributed by atoms with Crippen molar-refractivity contribution in [3.8, 4) is 11.8 Å². The molecule has 5 nitrogen and oxygen atoms in total. The number of benzene rings is 1. The van der Waals surface area contributed by atoms with Crippen LogP contribution in [0.5, 0.6) is 5.75 Å². The molecular formula is C19H25N3O2. The predicted molar refractivity (Wildman–Crippen MR) is 93.2 cm³/mol. The molecule has 24 heavy (non-hydrogen) atoms. The monoisotopic (exact) mass is 327 g/mol. The lowest BCUT2D eigenvalue weighted by Gasteiger charge is -2.30. The van der Waals surface area contributed by atoms with Crippen LogP contribution >= 0.6 is 0 Å². The van der Waals surface area contributed by atoms with Gasteiger partial charge >= 0.3 is 0 Å². The second-order valence-corrected chi connectivity index (χ2v) is 6.37. The molecule has 0 aromatic heterocycles. The number of methoxy groups -OCH3 is 1. The van der Waals surface area contributed by atoms with E-state index in [1.165, 1.54) is 6.42 Å². The largest absolute Gasteiger partial charge is 0.497 e. The van der Waals surface area contributed by atoms with Crippen molar-refractivity contribution in [3.63, 3.8) is 0 Å². The van der Waals surface area contributed by atoms with Crippen molar-refractivity contribution in [1.82, 2.24) is 10.2 Å². The van der Waals surface area contributed by atoms with Crippen LogP contribution < -0.4 is 10.1 Å². The van der Waals surface area contributed by atoms with Crippen LogP contribution in [0.25, 0.3) is 0 Å². The van der Waals surface area contributed by atoms with Gasteiger partial charge in [-0.1, -0.05) is 19.1 Å². The number of carbonyl (C=O) groups excluding carboxylic acids is 1. The van der Waals surface area contributed by atoms with Gasteiger partial charge in [-0.25, -0.2) is 0 Å². The van der Waals surface area contributed by atoms with Gasteiger partial charge in [0.25, 0.3) is 5.91 Å². The summed E-state index contributed by atoms with van der Waals surface area (Å²) in [5.41, 5.74) is 1.12. The maximum absolute atomic E-state index is 12.4. The molecule has 0 aliphatic carbocycles. The first-order valence-electron chi connectivity index (χ1n) is 8.34. The Morgan fingerprint density at radius 2 is 2.17 bits per heavy atom. The Labute approximate surface area is 143 Å². The van der Waals surface area contributed by atoms with Crippen molar-refractivity contribution in [1.29, 1.82) is 5.26 Å². The average molecular weight is 327 g/mol. The Morgan fingerprint density at radius 1 is 1.46 bits per heavy atom. The summed E-state index contributed by atoms with van der Waals surface area (Å²) in [6.45, 7) is 5.89. The van der Waals surface area contributed by atoms with Crippen LogP contribution in [0.2, 0.25) is 0 Å². The topological polar surface area (TPSA) is 65.4 Å². The summed E-state index contributed by atoms with van der Waals surface area (Å²) in [6, 6.07) is 9.37. The fourth-order valence-corrected chi connectivity index (χ4v) is 2.91. The van der Waals surface area contributed by atoms with Crippen LogP contribution in [-0.2, 0) is 4.79 Å². The molecule has 0 spiro atoms. The first-order valence-corrected chi connectivity index (χ1v) is 8.34. The predicted octanol–water partition coefficient (Wildman–Crippen LogP) is 3.01. The number of carbonyl (C=O) groups is 1. The second-order valence-electron chi connectivity index (χ2n) is 6.37. The van der Waals surface area contributed by atoms with Crippen molar-refractivity contribution in [3.05, 3.63) is 41.6 Å². The zero-order valence-corrected chi connectivity index (χ0v) is 14.6. The van der Waals surface area contributed by atoms with E-state index in [0.717, 1.165) is 30.8 Å². The van der Waals surface area contributed by atoms with Gasteiger partial charge in [-0.15, -0.1) is 0 Å². The van der Waals surface area contributed by atoms with E-state index >= 15 is 0 Å². The van der Waals surface area contributed by atoms with Gasteiger partial charge in [0.05, 0.1) is 13.2 Å².